The summed E-state index contributed by atoms with van der Waals surface area (Å²) in [7, 11) is 0. The van der Waals surface area contributed by atoms with E-state index in [1.165, 1.54) is 43.6 Å². The van der Waals surface area contributed by atoms with Crippen LogP contribution in [0.4, 0.5) is 17.1 Å². The molecule has 22 aromatic rings. The summed E-state index contributed by atoms with van der Waals surface area (Å²) in [6.07, 6.45) is 0. The zero-order chi connectivity index (χ0) is 88.9. The average Bonchev–Trinajstić information content (AvgIpc) is 0.773. The van der Waals surface area contributed by atoms with Gasteiger partial charge in [-0.2, -0.15) is 0 Å². The zero-order valence-corrected chi connectivity index (χ0v) is 71.2. The SMILES string of the molecule is [C-]#[N+]c1ccc(-c2ccc(-c3ccc4c(-c5ccc(-c6nc(-c7ccccc7)nc(-c7ccccc7)n6)cc5)cccc4c3)cc2)cc1.[C-]#[N+]c1ccc(-c2ccc3c(-c4ccc(-c5nc(-c6ccccc6)nc(-c6ccccc6)n5)cc4)cccc3c2)cc1.[C-]#[N+]c1ccc(-c2ccc3c(-c4cccc(-c5nc(-c6ccccc6)nc(-c6ccccc6)n5)c4)cccc3c2)cc1. The first-order chi connectivity index (χ1) is 65.2. The van der Waals surface area contributed by atoms with Gasteiger partial charge in [0, 0.05) is 50.1 Å². The molecule has 3 heterocycles. The zero-order valence-electron chi connectivity index (χ0n) is 71.2. The van der Waals surface area contributed by atoms with Crippen molar-refractivity contribution < 1.29 is 0 Å². The van der Waals surface area contributed by atoms with Crippen LogP contribution < -0.4 is 0 Å². The van der Waals surface area contributed by atoms with Crippen LogP contribution in [-0.2, 0) is 0 Å². The largest absolute Gasteiger partial charge is 0.238 e. The maximum absolute atomic E-state index is 7.22. The van der Waals surface area contributed by atoms with Crippen molar-refractivity contribution in [1.29, 1.82) is 0 Å². The molecular formula is C120H76N12. The highest BCUT2D eigenvalue weighted by Gasteiger charge is 2.20. The second-order valence-electron chi connectivity index (χ2n) is 31.6. The quantitative estimate of drug-likeness (QED) is 0.0868. The summed E-state index contributed by atoms with van der Waals surface area (Å²) >= 11 is 0. The Morgan fingerprint density at radius 1 is 0.129 bits per heavy atom. The molecule has 0 atom stereocenters. The van der Waals surface area contributed by atoms with E-state index in [1.807, 2.05) is 255 Å². The Kier molecular flexibility index (Phi) is 23.4. The first kappa shape index (κ1) is 81.8. The fourth-order valence-corrected chi connectivity index (χ4v) is 16.4. The predicted molar refractivity (Wildman–Crippen MR) is 538 cm³/mol. The smallest absolute Gasteiger partial charge is 0.187 e. The number of hydrogen-bond acceptors (Lipinski definition) is 9. The van der Waals surface area contributed by atoms with Crippen molar-refractivity contribution in [3.05, 3.63) is 495 Å². The first-order valence-electron chi connectivity index (χ1n) is 43.3. The number of hydrogen-bond donors (Lipinski definition) is 0. The Labute approximate surface area is 764 Å². The summed E-state index contributed by atoms with van der Waals surface area (Å²) in [6, 6.07) is 156. The molecule has 0 bridgehead atoms. The maximum atomic E-state index is 7.22. The molecule has 0 aliphatic heterocycles. The van der Waals surface area contributed by atoms with Crippen molar-refractivity contribution in [2.45, 2.75) is 0 Å². The Bertz CT molecular complexity index is 7900. The molecule has 0 saturated heterocycles. The minimum atomic E-state index is 0.634. The molecule has 0 aliphatic rings. The lowest BCUT2D eigenvalue weighted by molar-refractivity contribution is 1.07. The molecule has 0 N–H and O–H groups in total. The van der Waals surface area contributed by atoms with Crippen molar-refractivity contribution in [2.75, 3.05) is 0 Å². The number of rotatable bonds is 16. The number of aromatic nitrogens is 9. The van der Waals surface area contributed by atoms with Crippen molar-refractivity contribution in [3.8, 4) is 180 Å². The third-order valence-electron chi connectivity index (χ3n) is 23.3. The van der Waals surface area contributed by atoms with Gasteiger partial charge in [-0.25, -0.2) is 59.4 Å². The minimum Gasteiger partial charge on any atom is -0.238 e. The summed E-state index contributed by atoms with van der Waals surface area (Å²) in [4.78, 5) is 54.3. The predicted octanol–water partition coefficient (Wildman–Crippen LogP) is 31.4. The van der Waals surface area contributed by atoms with Gasteiger partial charge in [0.2, 0.25) is 0 Å². The third kappa shape index (κ3) is 18.1. The fourth-order valence-electron chi connectivity index (χ4n) is 16.4. The molecule has 3 aromatic heterocycles. The molecule has 132 heavy (non-hydrogen) atoms. The van der Waals surface area contributed by atoms with Crippen molar-refractivity contribution >= 4 is 49.4 Å². The Morgan fingerprint density at radius 2 is 0.311 bits per heavy atom. The van der Waals surface area contributed by atoms with Gasteiger partial charge >= 0.3 is 0 Å². The van der Waals surface area contributed by atoms with E-state index in [9.17, 15) is 0 Å². The second-order valence-corrected chi connectivity index (χ2v) is 31.6. The standard InChI is InChI=1S/C44H28N4.2C38H24N4/c1-45-39-26-23-31(24-27-39)30-15-17-32(18-16-30)37-25-28-41-38(29-37)13-8-14-40(41)33-19-21-36(22-20-33)44-47-42(34-9-4-2-5-10-34)46-43(48-44)35-11-6-3-7-12-35;1-39-33-21-18-26(19-22-33)29-20-23-35-30(24-29)15-9-17-34(35)31-14-8-16-32(25-31)38-41-36(27-10-4-2-5-11-27)40-37(42-38)28-12-6-3-7-13-28;1-39-33-22-19-26(20-23-33)31-21-24-35-32(25-31)13-8-14-34(35)27-15-17-30(18-16-27)38-41-36(28-9-4-2-5-10-28)40-37(42-38)29-11-6-3-7-12-29/h2-29H;2*2-25H. The van der Waals surface area contributed by atoms with Gasteiger partial charge in [0.05, 0.1) is 19.7 Å². The summed E-state index contributed by atoms with van der Waals surface area (Å²) in [5, 5.41) is 7.06. The van der Waals surface area contributed by atoms with Crippen LogP contribution in [0, 0.1) is 19.7 Å². The summed E-state index contributed by atoms with van der Waals surface area (Å²) in [5.41, 5.74) is 26.3. The molecule has 616 valence electrons. The summed E-state index contributed by atoms with van der Waals surface area (Å²) in [6.45, 7) is 21.6. The van der Waals surface area contributed by atoms with Crippen LogP contribution in [0.2, 0.25) is 0 Å². The van der Waals surface area contributed by atoms with Crippen molar-refractivity contribution in [3.63, 3.8) is 0 Å². The molecule has 0 fully saturated rings. The van der Waals surface area contributed by atoms with Gasteiger partial charge in [0.15, 0.2) is 69.5 Å². The highest BCUT2D eigenvalue weighted by Crippen LogP contribution is 2.40. The molecule has 12 nitrogen and oxygen atoms in total. The lowest BCUT2D eigenvalue weighted by atomic mass is 9.94. The van der Waals surface area contributed by atoms with E-state index in [0.29, 0.717) is 69.5 Å². The lowest BCUT2D eigenvalue weighted by Crippen LogP contribution is -2.00. The van der Waals surface area contributed by atoms with E-state index in [0.717, 1.165) is 117 Å². The van der Waals surface area contributed by atoms with Crippen LogP contribution in [0.3, 0.4) is 0 Å². The highest BCUT2D eigenvalue weighted by molar-refractivity contribution is 6.02. The van der Waals surface area contributed by atoms with Crippen molar-refractivity contribution in [2.24, 2.45) is 0 Å². The molecule has 19 aromatic carbocycles. The monoisotopic (exact) mass is 1680 g/mol. The molecular weight excluding hydrogens is 1610 g/mol. The summed E-state index contributed by atoms with van der Waals surface area (Å²) < 4.78 is 0. The maximum Gasteiger partial charge on any atom is 0.187 e. The van der Waals surface area contributed by atoms with Gasteiger partial charge in [-0.1, -0.05) is 437 Å². The van der Waals surface area contributed by atoms with Crippen LogP contribution >= 0.6 is 0 Å². The minimum absolute atomic E-state index is 0.634. The van der Waals surface area contributed by atoms with E-state index in [1.54, 1.807) is 0 Å². The van der Waals surface area contributed by atoms with Gasteiger partial charge in [-0.3, -0.25) is 0 Å². The molecule has 0 amide bonds. The normalized spacial score (nSPS) is 10.9. The number of nitrogens with zero attached hydrogens (tertiary/aromatic N) is 12. The van der Waals surface area contributed by atoms with Gasteiger partial charge < -0.3 is 0 Å². The molecule has 0 spiro atoms. The van der Waals surface area contributed by atoms with Gasteiger partial charge in [-0.15, -0.1) is 0 Å². The Morgan fingerprint density at radius 3 is 0.568 bits per heavy atom. The van der Waals surface area contributed by atoms with E-state index >= 15 is 0 Å². The van der Waals surface area contributed by atoms with Crippen LogP contribution in [0.5, 0.6) is 0 Å². The van der Waals surface area contributed by atoms with Crippen LogP contribution in [-0.4, -0.2) is 44.9 Å². The Hall–Kier alpha value is -18.5. The van der Waals surface area contributed by atoms with E-state index in [-0.39, 0.29) is 0 Å². The van der Waals surface area contributed by atoms with Crippen LogP contribution in [0.1, 0.15) is 0 Å². The van der Waals surface area contributed by atoms with Crippen LogP contribution in [0.15, 0.2) is 461 Å². The first-order valence-corrected chi connectivity index (χ1v) is 43.3. The van der Waals surface area contributed by atoms with Crippen molar-refractivity contribution in [1.82, 2.24) is 44.9 Å². The highest BCUT2D eigenvalue weighted by atomic mass is 15.1. The number of benzene rings is 19. The molecule has 22 rings (SSSR count). The molecule has 0 unspecified atom stereocenters. The molecule has 12 heteroatoms. The summed E-state index contributed by atoms with van der Waals surface area (Å²) in [5.74, 6) is 5.81. The van der Waals surface area contributed by atoms with Crippen LogP contribution in [0.25, 0.3) is 227 Å². The Balaban J connectivity index is 0.000000124. The van der Waals surface area contributed by atoms with E-state index in [4.69, 9.17) is 64.6 Å². The van der Waals surface area contributed by atoms with Gasteiger partial charge in [0.25, 0.3) is 0 Å². The lowest BCUT2D eigenvalue weighted by Gasteiger charge is -2.12. The molecule has 0 radical (unpaired) electrons. The van der Waals surface area contributed by atoms with Gasteiger partial charge in [0.1, 0.15) is 0 Å². The van der Waals surface area contributed by atoms with Gasteiger partial charge in [-0.05, 0) is 134 Å². The number of fused-ring (bicyclic) bond motifs is 3. The second kappa shape index (κ2) is 37.7. The molecule has 0 aliphatic carbocycles. The topological polar surface area (TPSA) is 129 Å². The third-order valence-corrected chi connectivity index (χ3v) is 23.3. The average molecular weight is 1690 g/mol. The molecule has 0 saturated carbocycles. The fraction of sp³-hybridized carbons (Fsp3) is 0. The van der Waals surface area contributed by atoms with E-state index < -0.39 is 0 Å². The van der Waals surface area contributed by atoms with E-state index in [2.05, 4.69) is 221 Å².